The summed E-state index contributed by atoms with van der Waals surface area (Å²) in [6.07, 6.45) is 1.68. The van der Waals surface area contributed by atoms with Crippen LogP contribution in [0.15, 0.2) is 12.3 Å². The monoisotopic (exact) mass is 215 g/mol. The smallest absolute Gasteiger partial charge is 0.145 e. The van der Waals surface area contributed by atoms with E-state index in [9.17, 15) is 0 Å². The summed E-state index contributed by atoms with van der Waals surface area (Å²) >= 11 is 6.04. The lowest BCUT2D eigenvalue weighted by atomic mass is 10.2. The molecule has 5 heteroatoms. The first kappa shape index (κ1) is 11.2. The van der Waals surface area contributed by atoms with Gasteiger partial charge in [-0.2, -0.15) is 0 Å². The van der Waals surface area contributed by atoms with Crippen molar-refractivity contribution < 1.29 is 4.74 Å². The average Bonchev–Trinajstić information content (AvgIpc) is 2.21. The van der Waals surface area contributed by atoms with Crippen LogP contribution in [0.25, 0.3) is 0 Å². The molecule has 1 rings (SSSR count). The fourth-order valence-electron chi connectivity index (χ4n) is 1.04. The molecule has 0 atom stereocenters. The summed E-state index contributed by atoms with van der Waals surface area (Å²) < 4.78 is 4.90. The lowest BCUT2D eigenvalue weighted by Gasteiger charge is -2.08. The van der Waals surface area contributed by atoms with Crippen molar-refractivity contribution in [2.75, 3.05) is 25.6 Å². The first-order valence-electron chi connectivity index (χ1n) is 4.36. The number of anilines is 1. The summed E-state index contributed by atoms with van der Waals surface area (Å²) in [5.74, 6) is 0.659. The van der Waals surface area contributed by atoms with Crippen LogP contribution >= 0.6 is 11.6 Å². The molecule has 0 unspecified atom stereocenters. The fraction of sp³-hybridized carbons (Fsp3) is 0.444. The normalized spacial score (nSPS) is 10.2. The van der Waals surface area contributed by atoms with Crippen molar-refractivity contribution in [3.05, 3.63) is 22.8 Å². The van der Waals surface area contributed by atoms with Crippen LogP contribution < -0.4 is 11.1 Å². The van der Waals surface area contributed by atoms with Crippen LogP contribution in [0, 0.1) is 0 Å². The zero-order chi connectivity index (χ0) is 10.4. The second kappa shape index (κ2) is 5.80. The topological polar surface area (TPSA) is 60.2 Å². The Bertz CT molecular complexity index is 293. The van der Waals surface area contributed by atoms with Crippen LogP contribution in [-0.4, -0.2) is 25.2 Å². The SMILES string of the molecule is COCCNc1nccc(CN)c1Cl. The molecule has 0 aliphatic heterocycles. The Labute approximate surface area is 88.4 Å². The second-order valence-electron chi connectivity index (χ2n) is 2.76. The minimum atomic E-state index is 0.417. The average molecular weight is 216 g/mol. The largest absolute Gasteiger partial charge is 0.383 e. The molecule has 0 aliphatic carbocycles. The Morgan fingerprint density at radius 1 is 1.64 bits per heavy atom. The van der Waals surface area contributed by atoms with E-state index in [0.717, 1.165) is 5.56 Å². The van der Waals surface area contributed by atoms with Gasteiger partial charge < -0.3 is 15.8 Å². The Balaban J connectivity index is 2.66. The Hall–Kier alpha value is -0.840. The number of nitrogens with one attached hydrogen (secondary N) is 1. The van der Waals surface area contributed by atoms with Crippen LogP contribution in [-0.2, 0) is 11.3 Å². The lowest BCUT2D eigenvalue weighted by Crippen LogP contribution is -2.10. The molecule has 1 heterocycles. The molecule has 3 N–H and O–H groups in total. The second-order valence-corrected chi connectivity index (χ2v) is 3.13. The van der Waals surface area contributed by atoms with E-state index in [0.29, 0.717) is 30.5 Å². The van der Waals surface area contributed by atoms with Gasteiger partial charge in [0.25, 0.3) is 0 Å². The molecule has 78 valence electrons. The number of methoxy groups -OCH3 is 1. The van der Waals surface area contributed by atoms with Crippen molar-refractivity contribution in [2.24, 2.45) is 5.73 Å². The van der Waals surface area contributed by atoms with E-state index in [1.807, 2.05) is 6.07 Å². The minimum Gasteiger partial charge on any atom is -0.383 e. The number of ether oxygens (including phenoxy) is 1. The molecule has 14 heavy (non-hydrogen) atoms. The van der Waals surface area contributed by atoms with E-state index in [4.69, 9.17) is 22.1 Å². The molecule has 0 aromatic carbocycles. The third-order valence-electron chi connectivity index (χ3n) is 1.79. The number of hydrogen-bond acceptors (Lipinski definition) is 4. The summed E-state index contributed by atoms with van der Waals surface area (Å²) in [6, 6.07) is 1.81. The molecule has 0 aliphatic rings. The highest BCUT2D eigenvalue weighted by atomic mass is 35.5. The molecule has 0 saturated heterocycles. The molecule has 4 nitrogen and oxygen atoms in total. The fourth-order valence-corrected chi connectivity index (χ4v) is 1.29. The van der Waals surface area contributed by atoms with Gasteiger partial charge in [-0.05, 0) is 11.6 Å². The van der Waals surface area contributed by atoms with Crippen LogP contribution in [0.4, 0.5) is 5.82 Å². The summed E-state index contributed by atoms with van der Waals surface area (Å²) in [5, 5.41) is 3.65. The molecule has 0 fully saturated rings. The van der Waals surface area contributed by atoms with Gasteiger partial charge in [0.2, 0.25) is 0 Å². The maximum atomic E-state index is 6.04. The van der Waals surface area contributed by atoms with Gasteiger partial charge in [0.05, 0.1) is 11.6 Å². The third kappa shape index (κ3) is 2.83. The van der Waals surface area contributed by atoms with E-state index in [1.54, 1.807) is 13.3 Å². The van der Waals surface area contributed by atoms with Gasteiger partial charge in [0.15, 0.2) is 0 Å². The Morgan fingerprint density at radius 2 is 2.43 bits per heavy atom. The summed E-state index contributed by atoms with van der Waals surface area (Å²) in [7, 11) is 1.65. The highest BCUT2D eigenvalue weighted by Crippen LogP contribution is 2.22. The molecule has 1 aromatic rings. The minimum absolute atomic E-state index is 0.417. The Morgan fingerprint density at radius 3 is 3.07 bits per heavy atom. The van der Waals surface area contributed by atoms with Crippen molar-refractivity contribution >= 4 is 17.4 Å². The predicted molar refractivity (Wildman–Crippen MR) is 57.5 cm³/mol. The number of hydrogen-bond donors (Lipinski definition) is 2. The highest BCUT2D eigenvalue weighted by molar-refractivity contribution is 6.33. The third-order valence-corrected chi connectivity index (χ3v) is 2.21. The van der Waals surface area contributed by atoms with E-state index >= 15 is 0 Å². The van der Waals surface area contributed by atoms with Crippen molar-refractivity contribution in [3.63, 3.8) is 0 Å². The van der Waals surface area contributed by atoms with E-state index in [1.165, 1.54) is 0 Å². The molecule has 1 aromatic heterocycles. The standard InChI is InChI=1S/C9H14ClN3O/c1-14-5-4-13-9-8(10)7(6-11)2-3-12-9/h2-3H,4-6,11H2,1H3,(H,12,13). The van der Waals surface area contributed by atoms with Crippen LogP contribution in [0.2, 0.25) is 5.02 Å². The first-order valence-corrected chi connectivity index (χ1v) is 4.73. The number of rotatable bonds is 5. The molecular formula is C9H14ClN3O. The molecule has 0 saturated carbocycles. The number of halogens is 1. The van der Waals surface area contributed by atoms with Crippen LogP contribution in [0.3, 0.4) is 0 Å². The van der Waals surface area contributed by atoms with Crippen molar-refractivity contribution in [2.45, 2.75) is 6.54 Å². The predicted octanol–water partition coefficient (Wildman–Crippen LogP) is 1.25. The zero-order valence-corrected chi connectivity index (χ0v) is 8.84. The lowest BCUT2D eigenvalue weighted by molar-refractivity contribution is 0.210. The van der Waals surface area contributed by atoms with E-state index < -0.39 is 0 Å². The molecule has 0 spiro atoms. The molecular weight excluding hydrogens is 202 g/mol. The van der Waals surface area contributed by atoms with E-state index in [2.05, 4.69) is 10.3 Å². The quantitative estimate of drug-likeness (QED) is 0.726. The first-order chi connectivity index (χ1) is 6.79. The van der Waals surface area contributed by atoms with Crippen molar-refractivity contribution in [1.29, 1.82) is 0 Å². The number of nitrogens with two attached hydrogens (primary N) is 1. The zero-order valence-electron chi connectivity index (χ0n) is 8.09. The van der Waals surface area contributed by atoms with Crippen LogP contribution in [0.1, 0.15) is 5.56 Å². The van der Waals surface area contributed by atoms with Gasteiger partial charge in [-0.1, -0.05) is 11.6 Å². The summed E-state index contributed by atoms with van der Waals surface area (Å²) in [4.78, 5) is 4.10. The summed E-state index contributed by atoms with van der Waals surface area (Å²) in [6.45, 7) is 1.71. The number of nitrogens with zero attached hydrogens (tertiary/aromatic N) is 1. The van der Waals surface area contributed by atoms with Crippen molar-refractivity contribution in [1.82, 2.24) is 4.98 Å². The molecule has 0 radical (unpaired) electrons. The van der Waals surface area contributed by atoms with Gasteiger partial charge in [0, 0.05) is 26.4 Å². The molecule has 0 amide bonds. The van der Waals surface area contributed by atoms with Gasteiger partial charge >= 0.3 is 0 Å². The Kier molecular flexibility index (Phi) is 4.65. The van der Waals surface area contributed by atoms with Crippen LogP contribution in [0.5, 0.6) is 0 Å². The number of pyridine rings is 1. The maximum absolute atomic E-state index is 6.04. The van der Waals surface area contributed by atoms with Crippen molar-refractivity contribution in [3.8, 4) is 0 Å². The van der Waals surface area contributed by atoms with E-state index in [-0.39, 0.29) is 0 Å². The molecule has 0 bridgehead atoms. The van der Waals surface area contributed by atoms with Gasteiger partial charge in [-0.15, -0.1) is 0 Å². The highest BCUT2D eigenvalue weighted by Gasteiger charge is 2.04. The number of aromatic nitrogens is 1. The maximum Gasteiger partial charge on any atom is 0.145 e. The summed E-state index contributed by atoms with van der Waals surface area (Å²) in [5.41, 5.74) is 6.40. The van der Waals surface area contributed by atoms with Gasteiger partial charge in [0.1, 0.15) is 5.82 Å². The van der Waals surface area contributed by atoms with Gasteiger partial charge in [-0.25, -0.2) is 4.98 Å². The van der Waals surface area contributed by atoms with Gasteiger partial charge in [-0.3, -0.25) is 0 Å².